The minimum atomic E-state index is 0.457. The molecule has 5 nitrogen and oxygen atoms in total. The summed E-state index contributed by atoms with van der Waals surface area (Å²) in [5.41, 5.74) is 6.69. The summed E-state index contributed by atoms with van der Waals surface area (Å²) in [5.74, 6) is 0.735. The molecule has 0 N–H and O–H groups in total. The lowest BCUT2D eigenvalue weighted by molar-refractivity contribution is 0.326. The quantitative estimate of drug-likeness (QED) is 0.447. The second-order valence-corrected chi connectivity index (χ2v) is 8.99. The zero-order valence-corrected chi connectivity index (χ0v) is 17.3. The molecule has 4 heterocycles. The van der Waals surface area contributed by atoms with Gasteiger partial charge < -0.3 is 4.40 Å². The number of hydrogen-bond acceptors (Lipinski definition) is 3. The minimum absolute atomic E-state index is 0.457. The van der Waals surface area contributed by atoms with E-state index < -0.39 is 0 Å². The lowest BCUT2D eigenvalue weighted by Crippen LogP contribution is -2.14. The maximum atomic E-state index is 4.70. The number of aryl methyl sites for hydroxylation is 1. The molecule has 0 bridgehead atoms. The van der Waals surface area contributed by atoms with Gasteiger partial charge in [0.25, 0.3) is 0 Å². The highest BCUT2D eigenvalue weighted by Gasteiger charge is 2.43. The Morgan fingerprint density at radius 1 is 1.14 bits per heavy atom. The van der Waals surface area contributed by atoms with Gasteiger partial charge in [-0.05, 0) is 55.7 Å². The third-order valence-corrected chi connectivity index (χ3v) is 5.90. The van der Waals surface area contributed by atoms with Gasteiger partial charge in [-0.3, -0.25) is 9.67 Å². The van der Waals surface area contributed by atoms with Crippen molar-refractivity contribution in [2.45, 2.75) is 46.6 Å². The van der Waals surface area contributed by atoms with Crippen LogP contribution < -0.4 is 0 Å². The third-order valence-electron chi connectivity index (χ3n) is 5.90. The van der Waals surface area contributed by atoms with E-state index in [9.17, 15) is 0 Å². The first-order valence-electron chi connectivity index (χ1n) is 10.4. The van der Waals surface area contributed by atoms with Crippen molar-refractivity contribution in [2.24, 2.45) is 11.3 Å². The van der Waals surface area contributed by atoms with Crippen LogP contribution in [0.15, 0.2) is 55.2 Å². The number of hydrogen-bond donors (Lipinski definition) is 0. The predicted molar refractivity (Wildman–Crippen MR) is 116 cm³/mol. The van der Waals surface area contributed by atoms with Crippen LogP contribution >= 0.6 is 0 Å². The number of aromatic nitrogens is 5. The highest BCUT2D eigenvalue weighted by molar-refractivity contribution is 5.81. The normalized spacial score (nSPS) is 15.3. The highest BCUT2D eigenvalue weighted by atomic mass is 15.3. The maximum absolute atomic E-state index is 4.70. The Morgan fingerprint density at radius 3 is 2.79 bits per heavy atom. The molecule has 0 radical (unpaired) electrons. The van der Waals surface area contributed by atoms with E-state index in [0.29, 0.717) is 5.41 Å². The van der Waals surface area contributed by atoms with Crippen molar-refractivity contribution in [3.8, 4) is 22.4 Å². The molecule has 0 unspecified atom stereocenters. The van der Waals surface area contributed by atoms with Crippen LogP contribution in [0.1, 0.15) is 38.8 Å². The van der Waals surface area contributed by atoms with Crippen LogP contribution in [-0.2, 0) is 6.54 Å². The highest BCUT2D eigenvalue weighted by Crippen LogP contribution is 2.52. The van der Waals surface area contributed by atoms with Gasteiger partial charge in [0.2, 0.25) is 0 Å². The first-order chi connectivity index (χ1) is 14.0. The van der Waals surface area contributed by atoms with Crippen molar-refractivity contribution in [3.05, 3.63) is 60.9 Å². The average Bonchev–Trinajstić information content (AvgIpc) is 3.10. The van der Waals surface area contributed by atoms with E-state index >= 15 is 0 Å². The van der Waals surface area contributed by atoms with Crippen LogP contribution in [0.2, 0.25) is 0 Å². The van der Waals surface area contributed by atoms with Gasteiger partial charge in [-0.25, -0.2) is 4.98 Å². The Morgan fingerprint density at radius 2 is 2.00 bits per heavy atom. The molecule has 4 aromatic rings. The van der Waals surface area contributed by atoms with Crippen LogP contribution in [0.5, 0.6) is 0 Å². The zero-order chi connectivity index (χ0) is 20.0. The molecule has 5 heteroatoms. The number of imidazole rings is 1. The smallest absolute Gasteiger partial charge is 0.137 e. The number of fused-ring (bicyclic) bond motifs is 1. The molecular weight excluding hydrogens is 358 g/mol. The molecule has 148 valence electrons. The molecule has 0 spiro atoms. The summed E-state index contributed by atoms with van der Waals surface area (Å²) in [6.07, 6.45) is 14.0. The van der Waals surface area contributed by atoms with Crippen LogP contribution in [0, 0.1) is 18.3 Å². The Hall–Kier alpha value is -2.95. The van der Waals surface area contributed by atoms with E-state index in [1.54, 1.807) is 0 Å². The van der Waals surface area contributed by atoms with Gasteiger partial charge in [-0.2, -0.15) is 5.10 Å². The third kappa shape index (κ3) is 3.57. The Labute approximate surface area is 171 Å². The molecule has 4 aromatic heterocycles. The summed E-state index contributed by atoms with van der Waals surface area (Å²) >= 11 is 0. The molecule has 0 aromatic carbocycles. The first kappa shape index (κ1) is 18.1. The molecule has 5 rings (SSSR count). The zero-order valence-electron chi connectivity index (χ0n) is 17.3. The van der Waals surface area contributed by atoms with Crippen LogP contribution in [0.3, 0.4) is 0 Å². The number of pyridine rings is 2. The monoisotopic (exact) mass is 385 g/mol. The molecule has 0 saturated heterocycles. The fourth-order valence-corrected chi connectivity index (χ4v) is 4.53. The maximum Gasteiger partial charge on any atom is 0.137 e. The van der Waals surface area contributed by atoms with Crippen LogP contribution in [-0.4, -0.2) is 24.1 Å². The van der Waals surface area contributed by atoms with Gasteiger partial charge in [-0.1, -0.05) is 19.9 Å². The molecule has 1 fully saturated rings. The summed E-state index contributed by atoms with van der Waals surface area (Å²) in [6.45, 7) is 7.66. The van der Waals surface area contributed by atoms with Crippen molar-refractivity contribution in [2.75, 3.05) is 0 Å². The summed E-state index contributed by atoms with van der Waals surface area (Å²) in [5, 5.41) is 4.69. The van der Waals surface area contributed by atoms with E-state index in [1.807, 2.05) is 36.0 Å². The SMILES string of the molecule is Cc1cn2ccc(-c3ncccc3-c3cnn(CC4(CC(C)C)CC4)c3)cc2n1. The van der Waals surface area contributed by atoms with Crippen molar-refractivity contribution in [1.29, 1.82) is 0 Å². The van der Waals surface area contributed by atoms with Crippen molar-refractivity contribution < 1.29 is 0 Å². The van der Waals surface area contributed by atoms with Gasteiger partial charge in [0.05, 0.1) is 17.6 Å². The van der Waals surface area contributed by atoms with Gasteiger partial charge in [0, 0.05) is 48.0 Å². The van der Waals surface area contributed by atoms with Gasteiger partial charge in [0.15, 0.2) is 0 Å². The molecule has 1 saturated carbocycles. The van der Waals surface area contributed by atoms with Gasteiger partial charge in [0.1, 0.15) is 5.65 Å². The Balaban J connectivity index is 1.47. The van der Waals surface area contributed by atoms with Crippen LogP contribution in [0.4, 0.5) is 0 Å². The molecular formula is C24H27N5. The standard InChI is InChI=1S/C24H27N5/c1-17(2)12-24(7-8-24)16-29-15-20(13-26-29)21-5-4-9-25-23(21)19-6-10-28-14-18(3)27-22(28)11-19/h4-6,9-11,13-15,17H,7-8,12,16H2,1-3H3. The summed E-state index contributed by atoms with van der Waals surface area (Å²) in [6, 6.07) is 8.33. The summed E-state index contributed by atoms with van der Waals surface area (Å²) < 4.78 is 4.17. The number of rotatable bonds is 6. The van der Waals surface area contributed by atoms with E-state index in [4.69, 9.17) is 4.98 Å². The number of nitrogens with zero attached hydrogens (tertiary/aromatic N) is 5. The topological polar surface area (TPSA) is 48.0 Å². The van der Waals surface area contributed by atoms with Crippen molar-refractivity contribution in [1.82, 2.24) is 24.1 Å². The molecule has 1 aliphatic rings. The molecule has 0 atom stereocenters. The van der Waals surface area contributed by atoms with E-state index in [2.05, 4.69) is 59.2 Å². The van der Waals surface area contributed by atoms with E-state index in [1.165, 1.54) is 19.3 Å². The summed E-state index contributed by atoms with van der Waals surface area (Å²) in [7, 11) is 0. The van der Waals surface area contributed by atoms with Crippen molar-refractivity contribution in [3.63, 3.8) is 0 Å². The lowest BCUT2D eigenvalue weighted by atomic mass is 9.94. The van der Waals surface area contributed by atoms with Gasteiger partial charge in [-0.15, -0.1) is 0 Å². The fraction of sp³-hybridized carbons (Fsp3) is 0.375. The lowest BCUT2D eigenvalue weighted by Gasteiger charge is -2.17. The second-order valence-electron chi connectivity index (χ2n) is 8.99. The first-order valence-corrected chi connectivity index (χ1v) is 10.4. The largest absolute Gasteiger partial charge is 0.307 e. The Kier molecular flexibility index (Phi) is 4.26. The summed E-state index contributed by atoms with van der Waals surface area (Å²) in [4.78, 5) is 9.30. The fourth-order valence-electron chi connectivity index (χ4n) is 4.53. The molecule has 0 amide bonds. The predicted octanol–water partition coefficient (Wildman–Crippen LogP) is 5.39. The van der Waals surface area contributed by atoms with Crippen molar-refractivity contribution >= 4 is 5.65 Å². The second kappa shape index (κ2) is 6.83. The molecule has 29 heavy (non-hydrogen) atoms. The van der Waals surface area contributed by atoms with E-state index in [-0.39, 0.29) is 0 Å². The van der Waals surface area contributed by atoms with Gasteiger partial charge >= 0.3 is 0 Å². The minimum Gasteiger partial charge on any atom is -0.307 e. The molecule has 0 aliphatic heterocycles. The van der Waals surface area contributed by atoms with Crippen LogP contribution in [0.25, 0.3) is 28.0 Å². The average molecular weight is 386 g/mol. The Bertz CT molecular complexity index is 1160. The van der Waals surface area contributed by atoms with E-state index in [0.717, 1.165) is 46.2 Å². The molecule has 1 aliphatic carbocycles.